The Bertz CT molecular complexity index is 297. The first kappa shape index (κ1) is 10.9. The van der Waals surface area contributed by atoms with E-state index >= 15 is 0 Å². The summed E-state index contributed by atoms with van der Waals surface area (Å²) >= 11 is 0. The molecule has 1 unspecified atom stereocenters. The third-order valence-corrected chi connectivity index (χ3v) is 2.18. The van der Waals surface area contributed by atoms with Crippen molar-refractivity contribution in [2.75, 3.05) is 0 Å². The van der Waals surface area contributed by atoms with Gasteiger partial charge in [0.25, 0.3) is 0 Å². The zero-order chi connectivity index (χ0) is 10.6. The van der Waals surface area contributed by atoms with Gasteiger partial charge in [-0.3, -0.25) is 0 Å². The second kappa shape index (κ2) is 4.86. The normalized spacial score (nSPS) is 12.7. The van der Waals surface area contributed by atoms with Crippen molar-refractivity contribution < 1.29 is 15.3 Å². The van der Waals surface area contributed by atoms with Crippen LogP contribution in [0.15, 0.2) is 18.2 Å². The Morgan fingerprint density at radius 1 is 1.29 bits per heavy atom. The van der Waals surface area contributed by atoms with Gasteiger partial charge in [0.2, 0.25) is 0 Å². The standard InChI is InChI=1S/C11H16O3/c1-2-4-9(12)7-8-5-3-6-10(13)11(8)14/h3,5-6,9,12-14H,2,4,7H2,1H3. The SMILES string of the molecule is CCCC(O)Cc1cccc(O)c1O. The van der Waals surface area contributed by atoms with Crippen molar-refractivity contribution in [1.29, 1.82) is 0 Å². The van der Waals surface area contributed by atoms with Gasteiger partial charge >= 0.3 is 0 Å². The van der Waals surface area contributed by atoms with Gasteiger partial charge in [0.05, 0.1) is 6.10 Å². The molecule has 1 atom stereocenters. The highest BCUT2D eigenvalue weighted by Gasteiger charge is 2.10. The van der Waals surface area contributed by atoms with E-state index in [1.54, 1.807) is 12.1 Å². The topological polar surface area (TPSA) is 60.7 Å². The lowest BCUT2D eigenvalue weighted by atomic mass is 10.0. The van der Waals surface area contributed by atoms with Crippen LogP contribution in [0.2, 0.25) is 0 Å². The number of phenolic OH excluding ortho intramolecular Hbond substituents is 2. The van der Waals surface area contributed by atoms with Crippen molar-refractivity contribution in [2.24, 2.45) is 0 Å². The van der Waals surface area contributed by atoms with Crippen LogP contribution in [-0.2, 0) is 6.42 Å². The highest BCUT2D eigenvalue weighted by Crippen LogP contribution is 2.29. The van der Waals surface area contributed by atoms with Gasteiger partial charge in [-0.25, -0.2) is 0 Å². The molecule has 1 rings (SSSR count). The van der Waals surface area contributed by atoms with Gasteiger partial charge in [-0.05, 0) is 12.5 Å². The highest BCUT2D eigenvalue weighted by molar-refractivity contribution is 5.44. The number of hydrogen-bond acceptors (Lipinski definition) is 3. The molecule has 0 aliphatic rings. The van der Waals surface area contributed by atoms with E-state index in [4.69, 9.17) is 0 Å². The van der Waals surface area contributed by atoms with Crippen molar-refractivity contribution in [3.8, 4) is 11.5 Å². The Balaban J connectivity index is 2.71. The molecule has 14 heavy (non-hydrogen) atoms. The summed E-state index contributed by atoms with van der Waals surface area (Å²) in [4.78, 5) is 0. The fraction of sp³-hybridized carbons (Fsp3) is 0.455. The van der Waals surface area contributed by atoms with Gasteiger partial charge < -0.3 is 15.3 Å². The van der Waals surface area contributed by atoms with E-state index in [0.29, 0.717) is 18.4 Å². The molecule has 0 fully saturated rings. The molecule has 0 aromatic heterocycles. The number of rotatable bonds is 4. The minimum atomic E-state index is -0.451. The second-order valence-electron chi connectivity index (χ2n) is 3.43. The number of benzene rings is 1. The predicted molar refractivity (Wildman–Crippen MR) is 54.4 cm³/mol. The largest absolute Gasteiger partial charge is 0.504 e. The van der Waals surface area contributed by atoms with Crippen molar-refractivity contribution in [2.45, 2.75) is 32.3 Å². The minimum absolute atomic E-state index is 0.123. The van der Waals surface area contributed by atoms with Gasteiger partial charge in [-0.15, -0.1) is 0 Å². The summed E-state index contributed by atoms with van der Waals surface area (Å²) in [6, 6.07) is 4.78. The summed E-state index contributed by atoms with van der Waals surface area (Å²) in [5.41, 5.74) is 0.589. The molecule has 0 heterocycles. The lowest BCUT2D eigenvalue weighted by molar-refractivity contribution is 0.162. The number of aliphatic hydroxyl groups excluding tert-OH is 1. The van der Waals surface area contributed by atoms with Crippen molar-refractivity contribution in [3.63, 3.8) is 0 Å². The van der Waals surface area contributed by atoms with Crippen LogP contribution in [0.3, 0.4) is 0 Å². The second-order valence-corrected chi connectivity index (χ2v) is 3.43. The molecular weight excluding hydrogens is 180 g/mol. The molecule has 3 N–H and O–H groups in total. The maximum absolute atomic E-state index is 9.53. The number of para-hydroxylation sites is 1. The summed E-state index contributed by atoms with van der Waals surface area (Å²) < 4.78 is 0. The van der Waals surface area contributed by atoms with Crippen LogP contribution in [0.4, 0.5) is 0 Å². The Morgan fingerprint density at radius 3 is 2.64 bits per heavy atom. The van der Waals surface area contributed by atoms with E-state index in [-0.39, 0.29) is 11.5 Å². The molecule has 0 spiro atoms. The maximum atomic E-state index is 9.53. The van der Waals surface area contributed by atoms with Crippen LogP contribution in [-0.4, -0.2) is 21.4 Å². The molecule has 0 aliphatic carbocycles. The molecule has 1 aromatic carbocycles. The number of aliphatic hydroxyl groups is 1. The van der Waals surface area contributed by atoms with Crippen LogP contribution in [0, 0.1) is 0 Å². The van der Waals surface area contributed by atoms with Crippen LogP contribution >= 0.6 is 0 Å². The lowest BCUT2D eigenvalue weighted by Crippen LogP contribution is -2.09. The van der Waals surface area contributed by atoms with E-state index in [2.05, 4.69) is 0 Å². The van der Waals surface area contributed by atoms with Crippen LogP contribution in [0.5, 0.6) is 11.5 Å². The van der Waals surface area contributed by atoms with E-state index in [1.807, 2.05) is 6.92 Å². The van der Waals surface area contributed by atoms with E-state index in [0.717, 1.165) is 6.42 Å². The van der Waals surface area contributed by atoms with Crippen molar-refractivity contribution >= 4 is 0 Å². The van der Waals surface area contributed by atoms with Crippen LogP contribution in [0.1, 0.15) is 25.3 Å². The number of phenols is 2. The van der Waals surface area contributed by atoms with E-state index in [9.17, 15) is 15.3 Å². The van der Waals surface area contributed by atoms with Gasteiger partial charge in [-0.1, -0.05) is 25.5 Å². The Labute approximate surface area is 83.6 Å². The number of aromatic hydroxyl groups is 2. The molecule has 0 saturated heterocycles. The quantitative estimate of drug-likeness (QED) is 0.643. The van der Waals surface area contributed by atoms with Gasteiger partial charge in [-0.2, -0.15) is 0 Å². The van der Waals surface area contributed by atoms with Gasteiger partial charge in [0, 0.05) is 12.0 Å². The Kier molecular flexibility index (Phi) is 3.77. The smallest absolute Gasteiger partial charge is 0.160 e. The molecule has 0 saturated carbocycles. The Morgan fingerprint density at radius 2 is 2.00 bits per heavy atom. The Hall–Kier alpha value is -1.22. The molecule has 3 heteroatoms. The van der Waals surface area contributed by atoms with Crippen molar-refractivity contribution in [3.05, 3.63) is 23.8 Å². The zero-order valence-electron chi connectivity index (χ0n) is 8.27. The van der Waals surface area contributed by atoms with Gasteiger partial charge in [0.1, 0.15) is 0 Å². The lowest BCUT2D eigenvalue weighted by Gasteiger charge is -2.10. The third-order valence-electron chi connectivity index (χ3n) is 2.18. The van der Waals surface area contributed by atoms with E-state index in [1.165, 1.54) is 6.07 Å². The molecule has 0 amide bonds. The van der Waals surface area contributed by atoms with Gasteiger partial charge in [0.15, 0.2) is 11.5 Å². The molecule has 1 aromatic rings. The molecule has 0 bridgehead atoms. The van der Waals surface area contributed by atoms with Crippen LogP contribution in [0.25, 0.3) is 0 Å². The first-order chi connectivity index (χ1) is 6.65. The van der Waals surface area contributed by atoms with Crippen molar-refractivity contribution in [1.82, 2.24) is 0 Å². The summed E-state index contributed by atoms with van der Waals surface area (Å²) in [5, 5.41) is 28.2. The zero-order valence-corrected chi connectivity index (χ0v) is 8.27. The average molecular weight is 196 g/mol. The molecule has 78 valence electrons. The fourth-order valence-electron chi connectivity index (χ4n) is 1.43. The molecule has 0 radical (unpaired) electrons. The summed E-state index contributed by atoms with van der Waals surface area (Å²) in [5.74, 6) is -0.256. The minimum Gasteiger partial charge on any atom is -0.504 e. The summed E-state index contributed by atoms with van der Waals surface area (Å²) in [7, 11) is 0. The third kappa shape index (κ3) is 2.64. The molecular formula is C11H16O3. The van der Waals surface area contributed by atoms with Crippen LogP contribution < -0.4 is 0 Å². The average Bonchev–Trinajstić information content (AvgIpc) is 2.13. The number of hydrogen-bond donors (Lipinski definition) is 3. The monoisotopic (exact) mass is 196 g/mol. The fourth-order valence-corrected chi connectivity index (χ4v) is 1.43. The first-order valence-electron chi connectivity index (χ1n) is 4.83. The summed E-state index contributed by atoms with van der Waals surface area (Å²) in [6.07, 6.45) is 1.54. The predicted octanol–water partition coefficient (Wildman–Crippen LogP) is 1.80. The highest BCUT2D eigenvalue weighted by atomic mass is 16.3. The first-order valence-corrected chi connectivity index (χ1v) is 4.83. The van der Waals surface area contributed by atoms with E-state index < -0.39 is 6.10 Å². The maximum Gasteiger partial charge on any atom is 0.160 e. The molecule has 3 nitrogen and oxygen atoms in total. The molecule has 0 aliphatic heterocycles. The summed E-state index contributed by atoms with van der Waals surface area (Å²) in [6.45, 7) is 1.99.